The summed E-state index contributed by atoms with van der Waals surface area (Å²) in [5.74, 6) is 0. The molecule has 0 aromatic heterocycles. The van der Waals surface area contributed by atoms with Gasteiger partial charge in [0, 0.05) is 44.7 Å². The maximum Gasteiger partial charge on any atom is 0.279 e. The quantitative estimate of drug-likeness (QED) is 0.890. The number of fused-ring (bicyclic) bond motifs is 3. The summed E-state index contributed by atoms with van der Waals surface area (Å²) in [4.78, 5) is 2.42. The van der Waals surface area contributed by atoms with E-state index >= 15 is 0 Å². The summed E-state index contributed by atoms with van der Waals surface area (Å²) >= 11 is 0. The summed E-state index contributed by atoms with van der Waals surface area (Å²) < 4.78 is 28.1. The van der Waals surface area contributed by atoms with Crippen molar-refractivity contribution in [2.45, 2.75) is 25.3 Å². The van der Waals surface area contributed by atoms with Gasteiger partial charge in [-0.1, -0.05) is 38.1 Å². The van der Waals surface area contributed by atoms with E-state index in [-0.39, 0.29) is 11.5 Å². The molecule has 0 aliphatic carbocycles. The van der Waals surface area contributed by atoms with Crippen LogP contribution in [0.2, 0.25) is 0 Å². The molecule has 2 aliphatic rings. The highest BCUT2D eigenvalue weighted by molar-refractivity contribution is 7.87. The first-order valence-electron chi connectivity index (χ1n) is 7.37. The molecule has 21 heavy (non-hydrogen) atoms. The number of nitrogens with zero attached hydrogens (tertiary/aromatic N) is 2. The lowest BCUT2D eigenvalue weighted by atomic mass is 9.75. The maximum absolute atomic E-state index is 12.1. The molecule has 1 atom stereocenters. The lowest BCUT2D eigenvalue weighted by Gasteiger charge is -2.49. The van der Waals surface area contributed by atoms with Crippen molar-refractivity contribution in [3.63, 3.8) is 0 Å². The lowest BCUT2D eigenvalue weighted by molar-refractivity contribution is 0.0803. The summed E-state index contributed by atoms with van der Waals surface area (Å²) in [7, 11) is -1.87. The Bertz CT molecular complexity index is 642. The van der Waals surface area contributed by atoms with Gasteiger partial charge >= 0.3 is 0 Å². The lowest BCUT2D eigenvalue weighted by Crippen LogP contribution is -2.57. The molecular weight excluding hydrogens is 286 g/mol. The third-order valence-corrected chi connectivity index (χ3v) is 6.23. The molecule has 5 nitrogen and oxygen atoms in total. The molecule has 1 aromatic carbocycles. The molecule has 0 spiro atoms. The molecular formula is C15H23N3O2S. The van der Waals surface area contributed by atoms with Crippen LogP contribution in [-0.4, -0.2) is 50.8 Å². The number of piperazine rings is 1. The Kier molecular flexibility index (Phi) is 3.60. The van der Waals surface area contributed by atoms with Gasteiger partial charge in [0.25, 0.3) is 10.2 Å². The highest BCUT2D eigenvalue weighted by Crippen LogP contribution is 2.41. The van der Waals surface area contributed by atoms with Crippen LogP contribution in [0.15, 0.2) is 24.3 Å². The van der Waals surface area contributed by atoms with Gasteiger partial charge in [-0.05, 0) is 11.1 Å². The average Bonchev–Trinajstić information content (AvgIpc) is 2.46. The van der Waals surface area contributed by atoms with Crippen molar-refractivity contribution in [3.8, 4) is 0 Å². The Morgan fingerprint density at radius 2 is 1.95 bits per heavy atom. The first kappa shape index (κ1) is 15.0. The monoisotopic (exact) mass is 309 g/mol. The van der Waals surface area contributed by atoms with E-state index in [9.17, 15) is 8.42 Å². The van der Waals surface area contributed by atoms with Crippen LogP contribution in [0, 0.1) is 0 Å². The predicted molar refractivity (Wildman–Crippen MR) is 83.3 cm³/mol. The molecule has 116 valence electrons. The molecule has 1 unspecified atom stereocenters. The fourth-order valence-corrected chi connectivity index (χ4v) is 4.54. The van der Waals surface area contributed by atoms with Crippen LogP contribution in [0.1, 0.15) is 31.0 Å². The van der Waals surface area contributed by atoms with Crippen LogP contribution in [-0.2, 0) is 15.6 Å². The van der Waals surface area contributed by atoms with E-state index in [2.05, 4.69) is 41.7 Å². The standard InChI is InChI=1S/C15H23N3O2S/c1-15(2)11-17-8-9-18(21(19,20)16-3)10-14(17)12-6-4-5-7-13(12)15/h4-7,14,16H,8-11H2,1-3H3. The van der Waals surface area contributed by atoms with E-state index in [1.165, 1.54) is 18.2 Å². The van der Waals surface area contributed by atoms with Gasteiger partial charge in [0.15, 0.2) is 0 Å². The molecule has 3 rings (SSSR count). The second kappa shape index (κ2) is 5.05. The first-order valence-corrected chi connectivity index (χ1v) is 8.81. The Hall–Kier alpha value is -0.950. The molecule has 0 radical (unpaired) electrons. The number of hydrogen-bond acceptors (Lipinski definition) is 3. The minimum atomic E-state index is -3.35. The summed E-state index contributed by atoms with van der Waals surface area (Å²) in [6, 6.07) is 8.60. The first-order chi connectivity index (χ1) is 9.85. The van der Waals surface area contributed by atoms with E-state index in [0.29, 0.717) is 13.1 Å². The highest BCUT2D eigenvalue weighted by atomic mass is 32.2. The molecule has 0 amide bonds. The van der Waals surface area contributed by atoms with Gasteiger partial charge < -0.3 is 0 Å². The van der Waals surface area contributed by atoms with E-state index in [4.69, 9.17) is 0 Å². The van der Waals surface area contributed by atoms with Crippen LogP contribution in [0.5, 0.6) is 0 Å². The SMILES string of the molecule is CNS(=O)(=O)N1CCN2CC(C)(C)c3ccccc3C2C1. The van der Waals surface area contributed by atoms with Crippen molar-refractivity contribution in [3.05, 3.63) is 35.4 Å². The number of rotatable bonds is 2. The summed E-state index contributed by atoms with van der Waals surface area (Å²) in [5, 5.41) is 0. The summed E-state index contributed by atoms with van der Waals surface area (Å²) in [6.45, 7) is 7.36. The van der Waals surface area contributed by atoms with Crippen molar-refractivity contribution in [2.24, 2.45) is 0 Å². The molecule has 0 saturated carbocycles. The molecule has 0 bridgehead atoms. The van der Waals surface area contributed by atoms with Crippen LogP contribution < -0.4 is 4.72 Å². The van der Waals surface area contributed by atoms with Crippen molar-refractivity contribution in [1.82, 2.24) is 13.9 Å². The third-order valence-electron chi connectivity index (χ3n) is 4.70. The normalized spacial score (nSPS) is 26.1. The average molecular weight is 309 g/mol. The predicted octanol–water partition coefficient (Wildman–Crippen LogP) is 1.10. The van der Waals surface area contributed by atoms with Crippen molar-refractivity contribution in [1.29, 1.82) is 0 Å². The van der Waals surface area contributed by atoms with E-state index in [0.717, 1.165) is 13.1 Å². The molecule has 1 saturated heterocycles. The number of hydrogen-bond donors (Lipinski definition) is 1. The molecule has 2 aliphatic heterocycles. The summed E-state index contributed by atoms with van der Waals surface area (Å²) in [5.41, 5.74) is 2.72. The minimum absolute atomic E-state index is 0.108. The molecule has 1 N–H and O–H groups in total. The largest absolute Gasteiger partial charge is 0.293 e. The molecule has 2 heterocycles. The number of nitrogens with one attached hydrogen (secondary N) is 1. The van der Waals surface area contributed by atoms with Crippen LogP contribution in [0.25, 0.3) is 0 Å². The Balaban J connectivity index is 1.98. The second-order valence-corrected chi connectivity index (χ2v) is 8.40. The Labute approximate surface area is 127 Å². The molecule has 6 heteroatoms. The third kappa shape index (κ3) is 2.50. The summed E-state index contributed by atoms with van der Waals surface area (Å²) in [6.07, 6.45) is 0. The van der Waals surface area contributed by atoms with Crippen molar-refractivity contribution >= 4 is 10.2 Å². The van der Waals surface area contributed by atoms with Gasteiger partial charge in [-0.3, -0.25) is 4.90 Å². The minimum Gasteiger partial charge on any atom is -0.293 e. The van der Waals surface area contributed by atoms with Crippen LogP contribution in [0.4, 0.5) is 0 Å². The fourth-order valence-electron chi connectivity index (χ4n) is 3.62. The van der Waals surface area contributed by atoms with Crippen molar-refractivity contribution in [2.75, 3.05) is 33.2 Å². The second-order valence-electron chi connectivity index (χ2n) is 6.52. The van der Waals surface area contributed by atoms with Gasteiger partial charge in [-0.15, -0.1) is 0 Å². The van der Waals surface area contributed by atoms with Gasteiger partial charge in [0.1, 0.15) is 0 Å². The molecule has 1 aromatic rings. The van der Waals surface area contributed by atoms with Gasteiger partial charge in [-0.2, -0.15) is 12.7 Å². The van der Waals surface area contributed by atoms with Gasteiger partial charge in [0.05, 0.1) is 0 Å². The Morgan fingerprint density at radius 1 is 1.24 bits per heavy atom. The van der Waals surface area contributed by atoms with E-state index in [1.807, 2.05) is 6.07 Å². The van der Waals surface area contributed by atoms with Crippen LogP contribution in [0.3, 0.4) is 0 Å². The van der Waals surface area contributed by atoms with Gasteiger partial charge in [-0.25, -0.2) is 4.72 Å². The zero-order chi connectivity index (χ0) is 15.3. The van der Waals surface area contributed by atoms with E-state index < -0.39 is 10.2 Å². The number of benzene rings is 1. The maximum atomic E-state index is 12.1. The molecule has 1 fully saturated rings. The van der Waals surface area contributed by atoms with E-state index in [1.54, 1.807) is 4.31 Å². The van der Waals surface area contributed by atoms with Crippen molar-refractivity contribution < 1.29 is 8.42 Å². The zero-order valence-electron chi connectivity index (χ0n) is 12.8. The van der Waals surface area contributed by atoms with Crippen LogP contribution >= 0.6 is 0 Å². The van der Waals surface area contributed by atoms with Gasteiger partial charge in [0.2, 0.25) is 0 Å². The fraction of sp³-hybridized carbons (Fsp3) is 0.600. The topological polar surface area (TPSA) is 52.7 Å². The zero-order valence-corrected chi connectivity index (χ0v) is 13.7. The smallest absolute Gasteiger partial charge is 0.279 e. The highest BCUT2D eigenvalue weighted by Gasteiger charge is 2.41. The Morgan fingerprint density at radius 3 is 2.67 bits per heavy atom.